The van der Waals surface area contributed by atoms with Gasteiger partial charge in [0, 0.05) is 38.3 Å². The molecule has 0 radical (unpaired) electrons. The van der Waals surface area contributed by atoms with E-state index in [1.807, 2.05) is 70.7 Å². The van der Waals surface area contributed by atoms with E-state index in [-0.39, 0.29) is 24.1 Å². The fraction of sp³-hybridized carbons (Fsp3) is 0.267. The Morgan fingerprint density at radius 1 is 0.575 bits per heavy atom. The minimum atomic E-state index is -0.135. The number of carbonyl (C=O) groups excluding carboxylic acids is 2. The lowest BCUT2D eigenvalue weighted by Gasteiger charge is -2.40. The van der Waals surface area contributed by atoms with Crippen molar-refractivity contribution in [2.45, 2.75) is 24.9 Å². The van der Waals surface area contributed by atoms with Crippen LogP contribution < -0.4 is 0 Å². The molecule has 10 heteroatoms. The minimum absolute atomic E-state index is 0.0180. The Hall–Kier alpha value is -4.86. The zero-order valence-electron chi connectivity index (χ0n) is 22.5. The molecule has 2 saturated heterocycles. The maximum Gasteiger partial charge on any atom is 0.359 e. The molecule has 0 spiro atoms. The summed E-state index contributed by atoms with van der Waals surface area (Å²) in [6.45, 7) is 1.26. The van der Waals surface area contributed by atoms with Gasteiger partial charge in [-0.2, -0.15) is 0 Å². The SMILES string of the molecule is CN1N=C(c2ccc(C3=NN(C)C(=O)N4CCC(c5ccccc5)N34)cc2)N2C(c3ccccc3)CCN2C1=O. The van der Waals surface area contributed by atoms with Crippen molar-refractivity contribution in [2.24, 2.45) is 10.2 Å². The Morgan fingerprint density at radius 3 is 1.32 bits per heavy atom. The second kappa shape index (κ2) is 9.41. The van der Waals surface area contributed by atoms with Gasteiger partial charge in [0.1, 0.15) is 0 Å². The third-order valence-corrected chi connectivity index (χ3v) is 8.03. The van der Waals surface area contributed by atoms with E-state index in [2.05, 4.69) is 24.3 Å². The smallest absolute Gasteiger partial charge is 0.255 e. The number of carbonyl (C=O) groups is 2. The summed E-state index contributed by atoms with van der Waals surface area (Å²) in [6, 6.07) is 28.4. The molecular formula is C30H30N8O2. The highest BCUT2D eigenvalue weighted by molar-refractivity contribution is 6.05. The summed E-state index contributed by atoms with van der Waals surface area (Å²) in [5.74, 6) is 1.45. The first kappa shape index (κ1) is 24.2. The molecule has 3 aromatic carbocycles. The second-order valence-electron chi connectivity index (χ2n) is 10.4. The molecule has 2 fully saturated rings. The number of amides is 4. The quantitative estimate of drug-likeness (QED) is 0.495. The van der Waals surface area contributed by atoms with Gasteiger partial charge in [-0.1, -0.05) is 84.9 Å². The molecule has 4 amide bonds. The average molecular weight is 535 g/mol. The molecule has 0 aliphatic carbocycles. The molecule has 10 nitrogen and oxygen atoms in total. The van der Waals surface area contributed by atoms with E-state index in [0.29, 0.717) is 13.1 Å². The maximum atomic E-state index is 13.0. The summed E-state index contributed by atoms with van der Waals surface area (Å²) in [7, 11) is 3.39. The molecule has 2 atom stereocenters. The van der Waals surface area contributed by atoms with Crippen LogP contribution in [0.2, 0.25) is 0 Å². The van der Waals surface area contributed by atoms with Crippen molar-refractivity contribution >= 4 is 23.7 Å². The van der Waals surface area contributed by atoms with Crippen LogP contribution in [0.4, 0.5) is 9.59 Å². The summed E-state index contributed by atoms with van der Waals surface area (Å²) in [6.07, 6.45) is 1.65. The molecular weight excluding hydrogens is 504 g/mol. The molecule has 0 N–H and O–H groups in total. The van der Waals surface area contributed by atoms with Crippen LogP contribution in [0.25, 0.3) is 0 Å². The summed E-state index contributed by atoms with van der Waals surface area (Å²) >= 11 is 0. The fourth-order valence-corrected chi connectivity index (χ4v) is 6.10. The van der Waals surface area contributed by atoms with Gasteiger partial charge < -0.3 is 0 Å². The van der Waals surface area contributed by atoms with E-state index in [9.17, 15) is 9.59 Å². The zero-order chi connectivity index (χ0) is 27.4. The molecule has 40 heavy (non-hydrogen) atoms. The van der Waals surface area contributed by atoms with Crippen molar-refractivity contribution in [3.63, 3.8) is 0 Å². The van der Waals surface area contributed by atoms with Crippen molar-refractivity contribution in [2.75, 3.05) is 27.2 Å². The number of hydrogen-bond acceptors (Lipinski definition) is 6. The highest BCUT2D eigenvalue weighted by atomic mass is 16.2. The molecule has 7 rings (SSSR count). The van der Waals surface area contributed by atoms with Gasteiger partial charge in [-0.15, -0.1) is 10.2 Å². The molecule has 0 saturated carbocycles. The van der Waals surface area contributed by atoms with E-state index in [1.54, 1.807) is 24.1 Å². The van der Waals surface area contributed by atoms with Crippen LogP contribution in [0.15, 0.2) is 95.1 Å². The lowest BCUT2D eigenvalue weighted by molar-refractivity contribution is 0.0640. The lowest BCUT2D eigenvalue weighted by atomic mass is 10.0. The van der Waals surface area contributed by atoms with Gasteiger partial charge in [-0.05, 0) is 24.0 Å². The van der Waals surface area contributed by atoms with E-state index in [0.717, 1.165) is 46.8 Å². The number of urea groups is 2. The summed E-state index contributed by atoms with van der Waals surface area (Å²) in [4.78, 5) is 26.0. The lowest BCUT2D eigenvalue weighted by Crippen LogP contribution is -2.54. The van der Waals surface area contributed by atoms with Gasteiger partial charge in [0.2, 0.25) is 0 Å². The van der Waals surface area contributed by atoms with E-state index < -0.39 is 0 Å². The van der Waals surface area contributed by atoms with Crippen LogP contribution in [0.5, 0.6) is 0 Å². The fourth-order valence-electron chi connectivity index (χ4n) is 6.10. The maximum absolute atomic E-state index is 13.0. The Kier molecular flexibility index (Phi) is 5.69. The van der Waals surface area contributed by atoms with Gasteiger partial charge >= 0.3 is 12.1 Å². The van der Waals surface area contributed by atoms with Crippen molar-refractivity contribution in [3.8, 4) is 0 Å². The normalized spacial score (nSPS) is 22.4. The summed E-state index contributed by atoms with van der Waals surface area (Å²) in [5, 5.41) is 19.9. The Balaban J connectivity index is 1.24. The summed E-state index contributed by atoms with van der Waals surface area (Å²) in [5.41, 5.74) is 4.10. The molecule has 202 valence electrons. The second-order valence-corrected chi connectivity index (χ2v) is 10.4. The standard InChI is InChI=1S/C30H30N8O2/c1-33-29(39)35-19-17-25(21-9-5-3-6-10-21)37(35)27(31-33)23-13-15-24(16-14-23)28-32-34(2)30(40)36-20-18-26(38(28)36)22-11-7-4-8-12-22/h3-16,25-26H,17-20H2,1-2H3. The van der Waals surface area contributed by atoms with Gasteiger partial charge in [0.25, 0.3) is 0 Å². The predicted octanol–water partition coefficient (Wildman–Crippen LogP) is 4.47. The van der Waals surface area contributed by atoms with Crippen LogP contribution >= 0.6 is 0 Å². The number of hydrogen-bond donors (Lipinski definition) is 0. The molecule has 3 aromatic rings. The largest absolute Gasteiger partial charge is 0.359 e. The van der Waals surface area contributed by atoms with Crippen LogP contribution in [0.3, 0.4) is 0 Å². The first-order valence-corrected chi connectivity index (χ1v) is 13.6. The van der Waals surface area contributed by atoms with Gasteiger partial charge in [0.15, 0.2) is 11.7 Å². The number of hydrazine groups is 2. The molecule has 4 aliphatic heterocycles. The number of benzene rings is 3. The number of rotatable bonds is 4. The molecule has 0 bridgehead atoms. The number of amidine groups is 2. The zero-order valence-corrected chi connectivity index (χ0v) is 22.5. The summed E-state index contributed by atoms with van der Waals surface area (Å²) < 4.78 is 0. The highest BCUT2D eigenvalue weighted by Crippen LogP contribution is 2.38. The van der Waals surface area contributed by atoms with Crippen LogP contribution in [-0.2, 0) is 0 Å². The van der Waals surface area contributed by atoms with E-state index in [1.165, 1.54) is 10.0 Å². The number of fused-ring (bicyclic) bond motifs is 2. The Morgan fingerprint density at radius 2 is 0.950 bits per heavy atom. The van der Waals surface area contributed by atoms with Crippen molar-refractivity contribution in [1.29, 1.82) is 0 Å². The highest BCUT2D eigenvalue weighted by Gasteiger charge is 2.44. The van der Waals surface area contributed by atoms with Crippen LogP contribution in [0, 0.1) is 0 Å². The van der Waals surface area contributed by atoms with E-state index >= 15 is 0 Å². The first-order valence-electron chi connectivity index (χ1n) is 13.6. The van der Waals surface area contributed by atoms with Crippen molar-refractivity contribution < 1.29 is 9.59 Å². The van der Waals surface area contributed by atoms with Gasteiger partial charge in [0.05, 0.1) is 12.1 Å². The number of hydrazone groups is 2. The number of nitrogens with zero attached hydrogens (tertiary/aromatic N) is 8. The monoisotopic (exact) mass is 534 g/mol. The van der Waals surface area contributed by atoms with E-state index in [4.69, 9.17) is 10.2 Å². The van der Waals surface area contributed by atoms with Crippen molar-refractivity contribution in [1.82, 2.24) is 30.1 Å². The van der Waals surface area contributed by atoms with Gasteiger partial charge in [-0.3, -0.25) is 10.0 Å². The molecule has 4 heterocycles. The average Bonchev–Trinajstić information content (AvgIpc) is 3.64. The Labute approximate surface area is 232 Å². The minimum Gasteiger partial charge on any atom is -0.255 e. The predicted molar refractivity (Wildman–Crippen MR) is 151 cm³/mol. The third-order valence-electron chi connectivity index (χ3n) is 8.03. The molecule has 2 unspecified atom stereocenters. The van der Waals surface area contributed by atoms with Gasteiger partial charge in [-0.25, -0.2) is 29.6 Å². The Bertz CT molecular complexity index is 1390. The van der Waals surface area contributed by atoms with Crippen molar-refractivity contribution in [3.05, 3.63) is 107 Å². The third kappa shape index (κ3) is 3.78. The first-order chi connectivity index (χ1) is 19.5. The topological polar surface area (TPSA) is 78.3 Å². The van der Waals surface area contributed by atoms with Crippen LogP contribution in [-0.4, -0.2) is 81.0 Å². The molecule has 4 aliphatic rings. The molecule has 0 aromatic heterocycles. The van der Waals surface area contributed by atoms with Crippen LogP contribution in [0.1, 0.15) is 47.2 Å².